The normalized spacial score (nSPS) is 14.2. The van der Waals surface area contributed by atoms with E-state index in [9.17, 15) is 18.3 Å². The van der Waals surface area contributed by atoms with Crippen LogP contribution in [0.2, 0.25) is 0 Å². The van der Waals surface area contributed by atoms with E-state index < -0.39 is 17.8 Å². The molecule has 2 rings (SSSR count). The minimum atomic E-state index is -4.43. The van der Waals surface area contributed by atoms with Crippen molar-refractivity contribution in [1.82, 2.24) is 9.38 Å². The number of pyridine rings is 1. The quantitative estimate of drug-likeness (QED) is 0.839. The van der Waals surface area contributed by atoms with Crippen molar-refractivity contribution in [2.75, 3.05) is 6.54 Å². The number of aromatic nitrogens is 2. The van der Waals surface area contributed by atoms with Gasteiger partial charge >= 0.3 is 6.18 Å². The molecule has 0 fully saturated rings. The molecule has 1 unspecified atom stereocenters. The third-order valence-corrected chi connectivity index (χ3v) is 2.43. The second kappa shape index (κ2) is 4.01. The van der Waals surface area contributed by atoms with Crippen molar-refractivity contribution in [2.24, 2.45) is 5.73 Å². The van der Waals surface area contributed by atoms with E-state index in [2.05, 4.69) is 4.98 Å². The number of hydrogen-bond donors (Lipinski definition) is 2. The molecule has 0 saturated heterocycles. The van der Waals surface area contributed by atoms with Crippen molar-refractivity contribution in [3.8, 4) is 0 Å². The van der Waals surface area contributed by atoms with E-state index in [1.54, 1.807) is 0 Å². The monoisotopic (exact) mass is 245 g/mol. The number of imidazole rings is 1. The van der Waals surface area contributed by atoms with Gasteiger partial charge < -0.3 is 15.2 Å². The second-order valence-electron chi connectivity index (χ2n) is 3.58. The molecule has 17 heavy (non-hydrogen) atoms. The Balaban J connectivity index is 2.58. The van der Waals surface area contributed by atoms with Gasteiger partial charge in [-0.1, -0.05) is 0 Å². The van der Waals surface area contributed by atoms with Crippen LogP contribution >= 0.6 is 0 Å². The highest BCUT2D eigenvalue weighted by Gasteiger charge is 2.31. The van der Waals surface area contributed by atoms with E-state index in [4.69, 9.17) is 5.73 Å². The number of hydrogen-bond acceptors (Lipinski definition) is 3. The van der Waals surface area contributed by atoms with Crippen molar-refractivity contribution < 1.29 is 18.3 Å². The summed E-state index contributed by atoms with van der Waals surface area (Å²) in [6, 6.07) is 2.19. The van der Waals surface area contributed by atoms with Gasteiger partial charge in [0, 0.05) is 12.7 Å². The van der Waals surface area contributed by atoms with Gasteiger partial charge in [0.25, 0.3) is 0 Å². The summed E-state index contributed by atoms with van der Waals surface area (Å²) in [5.41, 5.74) is 5.04. The molecule has 0 radical (unpaired) electrons. The number of aliphatic hydroxyl groups is 1. The predicted octanol–water partition coefficient (Wildman–Crippen LogP) is 1.35. The Morgan fingerprint density at radius 3 is 2.71 bits per heavy atom. The number of nitrogens with zero attached hydrogens (tertiary/aromatic N) is 2. The highest BCUT2D eigenvalue weighted by atomic mass is 19.4. The maximum atomic E-state index is 12.5. The van der Waals surface area contributed by atoms with E-state index in [0.29, 0.717) is 5.65 Å². The number of halogens is 3. The molecule has 0 bridgehead atoms. The maximum Gasteiger partial charge on any atom is 0.417 e. The number of fused-ring (bicyclic) bond motifs is 1. The molecular weight excluding hydrogens is 235 g/mol. The lowest BCUT2D eigenvalue weighted by molar-refractivity contribution is -0.137. The van der Waals surface area contributed by atoms with Crippen molar-refractivity contribution in [1.29, 1.82) is 0 Å². The molecule has 1 atom stereocenters. The fourth-order valence-corrected chi connectivity index (χ4v) is 1.53. The highest BCUT2D eigenvalue weighted by Crippen LogP contribution is 2.29. The van der Waals surface area contributed by atoms with Crippen LogP contribution in [0.5, 0.6) is 0 Å². The third-order valence-electron chi connectivity index (χ3n) is 2.43. The lowest BCUT2D eigenvalue weighted by atomic mass is 10.2. The Bertz CT molecular complexity index is 535. The van der Waals surface area contributed by atoms with Crippen LogP contribution in [-0.4, -0.2) is 21.0 Å². The van der Waals surface area contributed by atoms with E-state index in [-0.39, 0.29) is 12.2 Å². The molecule has 0 amide bonds. The van der Waals surface area contributed by atoms with Gasteiger partial charge in [-0.2, -0.15) is 13.2 Å². The minimum Gasteiger partial charge on any atom is -0.385 e. The number of nitrogens with two attached hydrogens (primary N) is 1. The number of aliphatic hydroxyl groups excluding tert-OH is 1. The summed E-state index contributed by atoms with van der Waals surface area (Å²) < 4.78 is 38.7. The van der Waals surface area contributed by atoms with Gasteiger partial charge in [0.1, 0.15) is 11.8 Å². The lowest BCUT2D eigenvalue weighted by Crippen LogP contribution is -2.14. The summed E-state index contributed by atoms with van der Waals surface area (Å²) in [5, 5.41) is 9.54. The molecule has 7 heteroatoms. The number of rotatable bonds is 2. The van der Waals surface area contributed by atoms with Crippen LogP contribution in [0.25, 0.3) is 5.65 Å². The highest BCUT2D eigenvalue weighted by molar-refractivity contribution is 5.42. The first kappa shape index (κ1) is 11.9. The molecule has 0 aliphatic carbocycles. The van der Waals surface area contributed by atoms with Gasteiger partial charge in [0.15, 0.2) is 0 Å². The standard InChI is InChI=1S/C10H10F3N3O/c11-10(12,13)6-1-2-9-15-4-7(8(17)3-14)16(9)5-6/h1-2,4-5,8,17H,3,14H2. The zero-order chi connectivity index (χ0) is 12.6. The van der Waals surface area contributed by atoms with Crippen molar-refractivity contribution in [3.63, 3.8) is 0 Å². The van der Waals surface area contributed by atoms with Gasteiger partial charge in [-0.3, -0.25) is 0 Å². The third kappa shape index (κ3) is 2.11. The fourth-order valence-electron chi connectivity index (χ4n) is 1.53. The molecule has 2 heterocycles. The molecular formula is C10H10F3N3O. The Morgan fingerprint density at radius 1 is 1.41 bits per heavy atom. The SMILES string of the molecule is NCC(O)c1cnc2ccc(C(F)(F)F)cn12. The molecule has 0 aliphatic heterocycles. The summed E-state index contributed by atoms with van der Waals surface area (Å²) in [6.07, 6.45) is -3.25. The summed E-state index contributed by atoms with van der Waals surface area (Å²) in [4.78, 5) is 3.89. The Kier molecular flexibility index (Phi) is 2.80. The van der Waals surface area contributed by atoms with Crippen LogP contribution in [0.3, 0.4) is 0 Å². The summed E-state index contributed by atoms with van der Waals surface area (Å²) >= 11 is 0. The van der Waals surface area contributed by atoms with Gasteiger partial charge in [0.2, 0.25) is 0 Å². The van der Waals surface area contributed by atoms with E-state index >= 15 is 0 Å². The Hall–Kier alpha value is -1.60. The molecule has 0 aromatic carbocycles. The largest absolute Gasteiger partial charge is 0.417 e. The molecule has 2 aromatic heterocycles. The predicted molar refractivity (Wildman–Crippen MR) is 54.2 cm³/mol. The first-order chi connectivity index (χ1) is 7.93. The van der Waals surface area contributed by atoms with E-state index in [0.717, 1.165) is 12.3 Å². The van der Waals surface area contributed by atoms with Crippen LogP contribution in [0.4, 0.5) is 13.2 Å². The van der Waals surface area contributed by atoms with Gasteiger partial charge in [0.05, 0.1) is 17.5 Å². The summed E-state index contributed by atoms with van der Waals surface area (Å²) in [6.45, 7) is -0.0793. The molecule has 92 valence electrons. The Labute approximate surface area is 94.5 Å². The smallest absolute Gasteiger partial charge is 0.385 e. The van der Waals surface area contributed by atoms with Crippen LogP contribution in [-0.2, 0) is 6.18 Å². The molecule has 0 saturated carbocycles. The minimum absolute atomic E-state index is 0.0793. The zero-order valence-corrected chi connectivity index (χ0v) is 8.65. The van der Waals surface area contributed by atoms with Gasteiger partial charge in [-0.15, -0.1) is 0 Å². The second-order valence-corrected chi connectivity index (χ2v) is 3.58. The summed E-state index contributed by atoms with van der Waals surface area (Å²) in [5.74, 6) is 0. The molecule has 0 aliphatic rings. The van der Waals surface area contributed by atoms with E-state index in [1.165, 1.54) is 16.7 Å². The average Bonchev–Trinajstić information content (AvgIpc) is 2.69. The van der Waals surface area contributed by atoms with Crippen molar-refractivity contribution >= 4 is 5.65 Å². The van der Waals surface area contributed by atoms with Gasteiger partial charge in [-0.05, 0) is 12.1 Å². The van der Waals surface area contributed by atoms with Gasteiger partial charge in [-0.25, -0.2) is 4.98 Å². The van der Waals surface area contributed by atoms with Crippen LogP contribution in [0.1, 0.15) is 17.4 Å². The Morgan fingerprint density at radius 2 is 2.12 bits per heavy atom. The molecule has 0 spiro atoms. The molecule has 4 nitrogen and oxygen atoms in total. The van der Waals surface area contributed by atoms with Crippen LogP contribution < -0.4 is 5.73 Å². The van der Waals surface area contributed by atoms with Crippen molar-refractivity contribution in [3.05, 3.63) is 35.8 Å². The fraction of sp³-hybridized carbons (Fsp3) is 0.300. The first-order valence-corrected chi connectivity index (χ1v) is 4.86. The maximum absolute atomic E-state index is 12.5. The zero-order valence-electron chi connectivity index (χ0n) is 8.65. The van der Waals surface area contributed by atoms with Crippen LogP contribution in [0, 0.1) is 0 Å². The lowest BCUT2D eigenvalue weighted by Gasteiger charge is -2.10. The van der Waals surface area contributed by atoms with Crippen molar-refractivity contribution in [2.45, 2.75) is 12.3 Å². The molecule has 2 aromatic rings. The average molecular weight is 245 g/mol. The number of alkyl halides is 3. The molecule has 3 N–H and O–H groups in total. The topological polar surface area (TPSA) is 63.5 Å². The van der Waals surface area contributed by atoms with E-state index in [1.807, 2.05) is 0 Å². The first-order valence-electron chi connectivity index (χ1n) is 4.86. The summed E-state index contributed by atoms with van der Waals surface area (Å²) in [7, 11) is 0. The van der Waals surface area contributed by atoms with Crippen LogP contribution in [0.15, 0.2) is 24.5 Å².